The van der Waals surface area contributed by atoms with Gasteiger partial charge in [-0.3, -0.25) is 0 Å². The summed E-state index contributed by atoms with van der Waals surface area (Å²) in [4.78, 5) is 3.10. The van der Waals surface area contributed by atoms with Crippen LogP contribution in [0.1, 0.15) is 17.7 Å². The molecule has 0 aromatic carbocycles. The van der Waals surface area contributed by atoms with Crippen LogP contribution < -0.4 is 5.73 Å². The number of aromatic nitrogens is 1. The third kappa shape index (κ3) is 2.31. The zero-order valence-corrected chi connectivity index (χ0v) is 8.56. The summed E-state index contributed by atoms with van der Waals surface area (Å²) in [5.41, 5.74) is 5.05. The second-order valence-electron chi connectivity index (χ2n) is 2.31. The van der Waals surface area contributed by atoms with Gasteiger partial charge >= 0.3 is 0 Å². The Morgan fingerprint density at radius 3 is 2.62 bits per heavy atom. The average molecular weight is 302 g/mol. The number of nitrogens with two attached hydrogens (primary N) is 1. The Bertz CT molecular complexity index is 317. The van der Waals surface area contributed by atoms with E-state index < -0.39 is 18.1 Å². The maximum atomic E-state index is 12.7. The van der Waals surface area contributed by atoms with Crippen LogP contribution in [0.15, 0.2) is 6.07 Å². The molecule has 0 spiro atoms. The van der Waals surface area contributed by atoms with Crippen LogP contribution in [0.2, 0.25) is 0 Å². The first kappa shape index (κ1) is 10.7. The van der Waals surface area contributed by atoms with Crippen LogP contribution in [0.5, 0.6) is 0 Å². The molecular weight excluding hydrogens is 296 g/mol. The largest absolute Gasteiger partial charge is 0.326 e. The fourth-order valence-corrected chi connectivity index (χ4v) is 1.59. The molecule has 1 aromatic rings. The van der Waals surface area contributed by atoms with E-state index in [-0.39, 0.29) is 10.1 Å². The maximum absolute atomic E-state index is 12.7. The van der Waals surface area contributed by atoms with E-state index in [2.05, 4.69) is 4.98 Å². The first-order valence-electron chi connectivity index (χ1n) is 3.39. The Morgan fingerprint density at radius 1 is 1.54 bits per heavy atom. The molecular formula is C7H6F3IN2. The lowest BCUT2D eigenvalue weighted by Gasteiger charge is -2.06. The molecule has 1 aromatic heterocycles. The Balaban J connectivity index is 3.27. The van der Waals surface area contributed by atoms with Crippen LogP contribution in [0, 0.1) is 9.52 Å². The lowest BCUT2D eigenvalue weighted by Crippen LogP contribution is -2.06. The lowest BCUT2D eigenvalue weighted by molar-refractivity contribution is 0.143. The summed E-state index contributed by atoms with van der Waals surface area (Å²) in [5.74, 6) is -0.920. The average Bonchev–Trinajstić information content (AvgIpc) is 2.08. The molecule has 0 aliphatic heterocycles. The molecule has 2 nitrogen and oxygen atoms in total. The summed E-state index contributed by atoms with van der Waals surface area (Å²) < 4.78 is 37.4. The molecule has 0 aliphatic rings. The summed E-state index contributed by atoms with van der Waals surface area (Å²) in [7, 11) is 0. The monoisotopic (exact) mass is 302 g/mol. The summed E-state index contributed by atoms with van der Waals surface area (Å²) in [5, 5.41) is 0. The van der Waals surface area contributed by atoms with Gasteiger partial charge in [-0.1, -0.05) is 0 Å². The maximum Gasteiger partial charge on any atom is 0.281 e. The van der Waals surface area contributed by atoms with Crippen molar-refractivity contribution >= 4 is 22.6 Å². The first-order valence-corrected chi connectivity index (χ1v) is 4.47. The second-order valence-corrected chi connectivity index (χ2v) is 3.39. The van der Waals surface area contributed by atoms with Gasteiger partial charge in [-0.25, -0.2) is 13.8 Å². The molecule has 0 fully saturated rings. The molecule has 1 rings (SSSR count). The molecule has 0 saturated carbocycles. The van der Waals surface area contributed by atoms with Gasteiger partial charge in [0.2, 0.25) is 5.95 Å². The van der Waals surface area contributed by atoms with E-state index >= 15 is 0 Å². The minimum Gasteiger partial charge on any atom is -0.326 e. The van der Waals surface area contributed by atoms with Gasteiger partial charge in [-0.2, -0.15) is 4.39 Å². The predicted molar refractivity (Wildman–Crippen MR) is 49.8 cm³/mol. The van der Waals surface area contributed by atoms with Crippen LogP contribution in [0.25, 0.3) is 0 Å². The van der Waals surface area contributed by atoms with Crippen LogP contribution in [-0.2, 0) is 6.54 Å². The van der Waals surface area contributed by atoms with E-state index in [4.69, 9.17) is 5.73 Å². The van der Waals surface area contributed by atoms with Crippen molar-refractivity contribution < 1.29 is 13.2 Å². The van der Waals surface area contributed by atoms with Crippen molar-refractivity contribution in [2.75, 3.05) is 0 Å². The van der Waals surface area contributed by atoms with E-state index in [9.17, 15) is 13.2 Å². The molecule has 6 heteroatoms. The van der Waals surface area contributed by atoms with Crippen LogP contribution in [0.4, 0.5) is 13.2 Å². The van der Waals surface area contributed by atoms with Crippen LogP contribution in [-0.4, -0.2) is 4.98 Å². The zero-order chi connectivity index (χ0) is 10.0. The van der Waals surface area contributed by atoms with E-state index in [1.807, 2.05) is 0 Å². The summed E-state index contributed by atoms with van der Waals surface area (Å²) in [6, 6.07) is 1.06. The van der Waals surface area contributed by atoms with Crippen molar-refractivity contribution in [3.8, 4) is 0 Å². The van der Waals surface area contributed by atoms with Gasteiger partial charge in [-0.05, 0) is 34.2 Å². The van der Waals surface area contributed by atoms with E-state index in [1.165, 1.54) is 0 Å². The molecule has 0 aliphatic carbocycles. The molecule has 13 heavy (non-hydrogen) atoms. The van der Waals surface area contributed by atoms with Gasteiger partial charge < -0.3 is 5.73 Å². The Labute approximate surface area is 86.5 Å². The number of halogens is 4. The summed E-state index contributed by atoms with van der Waals surface area (Å²) in [6.45, 7) is 0.0252. The normalized spacial score (nSPS) is 10.9. The molecule has 0 unspecified atom stereocenters. The molecule has 72 valence electrons. The van der Waals surface area contributed by atoms with E-state index in [0.717, 1.165) is 6.07 Å². The quantitative estimate of drug-likeness (QED) is 0.672. The highest BCUT2D eigenvalue weighted by Gasteiger charge is 2.17. The van der Waals surface area contributed by atoms with Crippen molar-refractivity contribution in [3.05, 3.63) is 26.8 Å². The molecule has 0 saturated heterocycles. The Kier molecular flexibility index (Phi) is 3.48. The van der Waals surface area contributed by atoms with Crippen molar-refractivity contribution in [1.82, 2.24) is 4.98 Å². The number of hydrogen-bond acceptors (Lipinski definition) is 2. The smallest absolute Gasteiger partial charge is 0.281 e. The molecule has 0 radical (unpaired) electrons. The molecule has 0 bridgehead atoms. The van der Waals surface area contributed by atoms with Gasteiger partial charge in [-0.15, -0.1) is 0 Å². The zero-order valence-electron chi connectivity index (χ0n) is 6.40. The summed E-state index contributed by atoms with van der Waals surface area (Å²) in [6.07, 6.45) is -2.77. The fourth-order valence-electron chi connectivity index (χ4n) is 0.861. The second kappa shape index (κ2) is 4.23. The van der Waals surface area contributed by atoms with Crippen molar-refractivity contribution in [2.45, 2.75) is 13.0 Å². The molecule has 1 heterocycles. The minimum absolute atomic E-state index is 0.0252. The lowest BCUT2D eigenvalue weighted by atomic mass is 10.2. The van der Waals surface area contributed by atoms with Crippen molar-refractivity contribution in [3.63, 3.8) is 0 Å². The first-order chi connectivity index (χ1) is 6.06. The highest BCUT2D eigenvalue weighted by Crippen LogP contribution is 2.25. The van der Waals surface area contributed by atoms with Crippen LogP contribution in [0.3, 0.4) is 0 Å². The fraction of sp³-hybridized carbons (Fsp3) is 0.286. The van der Waals surface area contributed by atoms with Crippen LogP contribution >= 0.6 is 22.6 Å². The van der Waals surface area contributed by atoms with Crippen molar-refractivity contribution in [1.29, 1.82) is 0 Å². The topological polar surface area (TPSA) is 38.9 Å². The highest BCUT2D eigenvalue weighted by molar-refractivity contribution is 14.1. The Hall–Kier alpha value is -0.370. The number of pyridine rings is 1. The number of hydrogen-bond donors (Lipinski definition) is 1. The standard InChI is InChI=1S/C7H6F3IN2/c8-4-1-3(2-12)5(11)6(13-4)7(9)10/h1,7H,2,12H2. The Morgan fingerprint density at radius 2 is 2.15 bits per heavy atom. The van der Waals surface area contributed by atoms with E-state index in [1.54, 1.807) is 22.6 Å². The highest BCUT2D eigenvalue weighted by atomic mass is 127. The van der Waals surface area contributed by atoms with Crippen molar-refractivity contribution in [2.24, 2.45) is 5.73 Å². The number of rotatable bonds is 2. The third-order valence-electron chi connectivity index (χ3n) is 1.45. The number of nitrogens with zero attached hydrogens (tertiary/aromatic N) is 1. The number of alkyl halides is 2. The SMILES string of the molecule is NCc1cc(F)nc(C(F)F)c1I. The molecule has 2 N–H and O–H groups in total. The molecule has 0 amide bonds. The van der Waals surface area contributed by atoms with Gasteiger partial charge in [0, 0.05) is 10.1 Å². The van der Waals surface area contributed by atoms with Gasteiger partial charge in [0.05, 0.1) is 0 Å². The minimum atomic E-state index is -2.77. The summed E-state index contributed by atoms with van der Waals surface area (Å²) >= 11 is 1.68. The van der Waals surface area contributed by atoms with Gasteiger partial charge in [0.1, 0.15) is 5.69 Å². The third-order valence-corrected chi connectivity index (χ3v) is 2.70. The van der Waals surface area contributed by atoms with E-state index in [0.29, 0.717) is 5.56 Å². The predicted octanol–water partition coefficient (Wildman–Crippen LogP) is 2.22. The van der Waals surface area contributed by atoms with Gasteiger partial charge in [0.25, 0.3) is 6.43 Å². The van der Waals surface area contributed by atoms with Gasteiger partial charge in [0.15, 0.2) is 0 Å². The molecule has 0 atom stereocenters.